The van der Waals surface area contributed by atoms with E-state index in [4.69, 9.17) is 5.73 Å². The third-order valence-electron chi connectivity index (χ3n) is 5.18. The van der Waals surface area contributed by atoms with Gasteiger partial charge in [0.1, 0.15) is 6.17 Å². The van der Waals surface area contributed by atoms with Crippen LogP contribution in [0.4, 0.5) is 4.39 Å². The first-order valence-corrected chi connectivity index (χ1v) is 9.72. The molecule has 1 fully saturated rings. The van der Waals surface area contributed by atoms with E-state index in [0.717, 1.165) is 16.7 Å². The zero-order chi connectivity index (χ0) is 19.7. The molecular weight excluding hydrogens is 413 g/mol. The highest BCUT2D eigenvalue weighted by Gasteiger charge is 2.32. The highest BCUT2D eigenvalue weighted by molar-refractivity contribution is 9.10. The van der Waals surface area contributed by atoms with E-state index in [1.807, 2.05) is 31.2 Å². The Balaban J connectivity index is 1.76. The molecule has 144 valence electrons. The molecule has 1 aromatic carbocycles. The van der Waals surface area contributed by atoms with Gasteiger partial charge in [0.2, 0.25) is 5.91 Å². The van der Waals surface area contributed by atoms with Crippen LogP contribution < -0.4 is 11.3 Å². The summed E-state index contributed by atoms with van der Waals surface area (Å²) in [6.07, 6.45) is 1.22. The Bertz CT molecular complexity index is 871. The number of alkyl halides is 1. The molecule has 1 saturated heterocycles. The van der Waals surface area contributed by atoms with Crippen molar-refractivity contribution in [3.63, 3.8) is 0 Å². The first kappa shape index (κ1) is 19.8. The molecule has 2 heterocycles. The van der Waals surface area contributed by atoms with Gasteiger partial charge in [0.15, 0.2) is 0 Å². The highest BCUT2D eigenvalue weighted by atomic mass is 79.9. The van der Waals surface area contributed by atoms with Crippen LogP contribution >= 0.6 is 15.9 Å². The lowest BCUT2D eigenvalue weighted by molar-refractivity contribution is -0.132. The Morgan fingerprint density at radius 2 is 1.96 bits per heavy atom. The Kier molecular flexibility index (Phi) is 5.81. The predicted molar refractivity (Wildman–Crippen MR) is 107 cm³/mol. The van der Waals surface area contributed by atoms with E-state index in [2.05, 4.69) is 15.9 Å². The molecule has 0 spiro atoms. The number of halogens is 2. The van der Waals surface area contributed by atoms with Gasteiger partial charge in [-0.25, -0.2) is 4.39 Å². The number of carbonyl (C=O) groups is 1. The van der Waals surface area contributed by atoms with E-state index in [1.165, 1.54) is 9.47 Å². The SMILES string of the molecule is C[C@@H](c1ccc(-c2cc(Br)c(=O)n(C)c2)cc1)[C@H](N)C(=O)N1CC[C@H](F)C1. The molecule has 0 aliphatic carbocycles. The smallest absolute Gasteiger partial charge is 0.264 e. The zero-order valence-corrected chi connectivity index (χ0v) is 16.9. The Morgan fingerprint density at radius 3 is 2.52 bits per heavy atom. The number of aromatic nitrogens is 1. The molecule has 1 aromatic heterocycles. The zero-order valence-electron chi connectivity index (χ0n) is 15.4. The fraction of sp³-hybridized carbons (Fsp3) is 0.400. The van der Waals surface area contributed by atoms with Crippen LogP contribution in [-0.4, -0.2) is 40.7 Å². The van der Waals surface area contributed by atoms with Crippen LogP contribution in [0.25, 0.3) is 11.1 Å². The highest BCUT2D eigenvalue weighted by Crippen LogP contribution is 2.26. The lowest BCUT2D eigenvalue weighted by atomic mass is 9.91. The largest absolute Gasteiger partial charge is 0.338 e. The molecule has 0 unspecified atom stereocenters. The van der Waals surface area contributed by atoms with Crippen LogP contribution in [0.1, 0.15) is 24.8 Å². The van der Waals surface area contributed by atoms with Gasteiger partial charge in [-0.1, -0.05) is 31.2 Å². The second-order valence-corrected chi connectivity index (χ2v) is 7.95. The first-order chi connectivity index (χ1) is 12.8. The van der Waals surface area contributed by atoms with E-state index in [9.17, 15) is 14.0 Å². The van der Waals surface area contributed by atoms with E-state index in [-0.39, 0.29) is 23.9 Å². The maximum atomic E-state index is 13.3. The van der Waals surface area contributed by atoms with Crippen molar-refractivity contribution >= 4 is 21.8 Å². The molecule has 27 heavy (non-hydrogen) atoms. The van der Waals surface area contributed by atoms with Crippen molar-refractivity contribution in [2.75, 3.05) is 13.1 Å². The van der Waals surface area contributed by atoms with E-state index < -0.39 is 12.2 Å². The van der Waals surface area contributed by atoms with Crippen LogP contribution in [0.3, 0.4) is 0 Å². The van der Waals surface area contributed by atoms with Gasteiger partial charge in [0, 0.05) is 25.7 Å². The number of carbonyl (C=O) groups excluding carboxylic acids is 1. The second kappa shape index (κ2) is 7.94. The number of rotatable bonds is 4. The van der Waals surface area contributed by atoms with Crippen LogP contribution in [0.15, 0.2) is 45.8 Å². The minimum absolute atomic E-state index is 0.0918. The molecule has 1 aliphatic heterocycles. The molecule has 2 N–H and O–H groups in total. The summed E-state index contributed by atoms with van der Waals surface area (Å²) in [7, 11) is 1.71. The fourth-order valence-electron chi connectivity index (χ4n) is 3.36. The van der Waals surface area contributed by atoms with Crippen molar-refractivity contribution in [3.8, 4) is 11.1 Å². The molecular formula is C20H23BrFN3O2. The summed E-state index contributed by atoms with van der Waals surface area (Å²) in [5.74, 6) is -0.384. The van der Waals surface area contributed by atoms with Crippen LogP contribution in [0, 0.1) is 0 Å². The van der Waals surface area contributed by atoms with E-state index in [1.54, 1.807) is 19.3 Å². The predicted octanol–water partition coefficient (Wildman–Crippen LogP) is 2.82. The van der Waals surface area contributed by atoms with Crippen molar-refractivity contribution in [1.82, 2.24) is 9.47 Å². The molecule has 3 rings (SSSR count). The number of aryl methyl sites for hydroxylation is 1. The summed E-state index contributed by atoms with van der Waals surface area (Å²) in [5.41, 5.74) is 8.89. The lowest BCUT2D eigenvalue weighted by Crippen LogP contribution is -2.45. The van der Waals surface area contributed by atoms with Crippen molar-refractivity contribution in [2.24, 2.45) is 12.8 Å². The summed E-state index contributed by atoms with van der Waals surface area (Å²) in [4.78, 5) is 25.8. The Labute approximate surface area is 166 Å². The van der Waals surface area contributed by atoms with Gasteiger partial charge in [-0.2, -0.15) is 0 Å². The molecule has 0 radical (unpaired) electrons. The first-order valence-electron chi connectivity index (χ1n) is 8.93. The minimum atomic E-state index is -0.947. The van der Waals surface area contributed by atoms with Gasteiger partial charge in [0.25, 0.3) is 5.56 Å². The van der Waals surface area contributed by atoms with Crippen molar-refractivity contribution < 1.29 is 9.18 Å². The molecule has 3 atom stereocenters. The number of hydrogen-bond acceptors (Lipinski definition) is 3. The molecule has 5 nitrogen and oxygen atoms in total. The van der Waals surface area contributed by atoms with E-state index in [0.29, 0.717) is 17.4 Å². The van der Waals surface area contributed by atoms with Crippen molar-refractivity contribution in [3.05, 3.63) is 56.9 Å². The third-order valence-corrected chi connectivity index (χ3v) is 5.74. The van der Waals surface area contributed by atoms with E-state index >= 15 is 0 Å². The number of nitrogens with two attached hydrogens (primary N) is 1. The molecule has 1 amide bonds. The van der Waals surface area contributed by atoms with Crippen LogP contribution in [-0.2, 0) is 11.8 Å². The van der Waals surface area contributed by atoms with Crippen molar-refractivity contribution in [2.45, 2.75) is 31.5 Å². The molecule has 7 heteroatoms. The standard InChI is InChI=1S/C20H23BrFN3O2/c1-12(18(23)20(27)25-8-7-16(22)11-25)13-3-5-14(6-4-13)15-9-17(21)19(26)24(2)10-15/h3-6,9-10,12,16,18H,7-8,11,23H2,1-2H3/t12-,16-,18-/m0/s1. The summed E-state index contributed by atoms with van der Waals surface area (Å²) in [6, 6.07) is 8.86. The Hall–Kier alpha value is -1.99. The fourth-order valence-corrected chi connectivity index (χ4v) is 3.88. The van der Waals surface area contributed by atoms with Gasteiger partial charge in [-0.15, -0.1) is 0 Å². The van der Waals surface area contributed by atoms with Gasteiger partial charge in [-0.3, -0.25) is 9.59 Å². The maximum absolute atomic E-state index is 13.3. The molecule has 0 saturated carbocycles. The van der Waals surface area contributed by atoms with Crippen LogP contribution in [0.2, 0.25) is 0 Å². The van der Waals surface area contributed by atoms with Crippen LogP contribution in [0.5, 0.6) is 0 Å². The number of benzene rings is 1. The quantitative estimate of drug-likeness (QED) is 0.802. The molecule has 0 bridgehead atoms. The summed E-state index contributed by atoms with van der Waals surface area (Å²) >= 11 is 3.28. The number of amides is 1. The average Bonchev–Trinajstić information content (AvgIpc) is 3.10. The maximum Gasteiger partial charge on any atom is 0.264 e. The van der Waals surface area contributed by atoms with Gasteiger partial charge in [0.05, 0.1) is 17.1 Å². The second-order valence-electron chi connectivity index (χ2n) is 7.10. The monoisotopic (exact) mass is 435 g/mol. The third kappa shape index (κ3) is 4.14. The number of pyridine rings is 1. The topological polar surface area (TPSA) is 68.3 Å². The average molecular weight is 436 g/mol. The van der Waals surface area contributed by atoms with Crippen molar-refractivity contribution in [1.29, 1.82) is 0 Å². The van der Waals surface area contributed by atoms with Gasteiger partial charge < -0.3 is 15.2 Å². The van der Waals surface area contributed by atoms with Gasteiger partial charge in [-0.05, 0) is 45.1 Å². The number of hydrogen-bond donors (Lipinski definition) is 1. The normalized spacial score (nSPS) is 19.1. The summed E-state index contributed by atoms with van der Waals surface area (Å²) in [5, 5.41) is 0. The summed E-state index contributed by atoms with van der Waals surface area (Å²) in [6.45, 7) is 2.48. The molecule has 1 aliphatic rings. The lowest BCUT2D eigenvalue weighted by Gasteiger charge is -2.25. The minimum Gasteiger partial charge on any atom is -0.338 e. The molecule has 2 aromatic rings. The summed E-state index contributed by atoms with van der Waals surface area (Å²) < 4.78 is 15.4. The number of nitrogens with zero attached hydrogens (tertiary/aromatic N) is 2. The number of likely N-dealkylation sites (tertiary alicyclic amines) is 1. The Morgan fingerprint density at radius 1 is 1.30 bits per heavy atom. The van der Waals surface area contributed by atoms with Gasteiger partial charge >= 0.3 is 0 Å².